The van der Waals surface area contributed by atoms with Crippen LogP contribution < -0.4 is 16.6 Å². The first kappa shape index (κ1) is 15.5. The van der Waals surface area contributed by atoms with Gasteiger partial charge in [0.05, 0.1) is 0 Å². The summed E-state index contributed by atoms with van der Waals surface area (Å²) in [6.45, 7) is 6.05. The van der Waals surface area contributed by atoms with Crippen molar-refractivity contribution >= 4 is 11.6 Å². The molecule has 0 saturated heterocycles. The molecule has 1 rings (SSSR count). The van der Waals surface area contributed by atoms with Crippen molar-refractivity contribution in [3.8, 4) is 0 Å². The van der Waals surface area contributed by atoms with Crippen LogP contribution in [0.5, 0.6) is 0 Å². The molecular formula is C14H23N3O2. The lowest BCUT2D eigenvalue weighted by Crippen LogP contribution is -2.26. The summed E-state index contributed by atoms with van der Waals surface area (Å²) in [5.74, 6) is 5.26. The van der Waals surface area contributed by atoms with Gasteiger partial charge in [-0.15, -0.1) is 0 Å². The van der Waals surface area contributed by atoms with Crippen molar-refractivity contribution in [3.63, 3.8) is 0 Å². The number of nitrogens with two attached hydrogens (primary N) is 1. The monoisotopic (exact) mass is 265 g/mol. The number of hydrogen-bond acceptors (Lipinski definition) is 4. The summed E-state index contributed by atoms with van der Waals surface area (Å²) in [6, 6.07) is 5.40. The van der Waals surface area contributed by atoms with Crippen molar-refractivity contribution < 1.29 is 9.53 Å². The van der Waals surface area contributed by atoms with E-state index in [4.69, 9.17) is 10.6 Å². The van der Waals surface area contributed by atoms with Crippen LogP contribution in [0.1, 0.15) is 35.7 Å². The maximum atomic E-state index is 12.0. The Morgan fingerprint density at radius 2 is 2.16 bits per heavy atom. The average Bonchev–Trinajstić information content (AvgIpc) is 2.42. The molecule has 0 aliphatic carbocycles. The second-order valence-electron chi connectivity index (χ2n) is 4.40. The van der Waals surface area contributed by atoms with Gasteiger partial charge in [0.1, 0.15) is 0 Å². The van der Waals surface area contributed by atoms with Crippen molar-refractivity contribution in [1.82, 2.24) is 5.32 Å². The molecule has 5 nitrogen and oxygen atoms in total. The van der Waals surface area contributed by atoms with E-state index in [1.807, 2.05) is 13.0 Å². The number of amides is 1. The molecule has 0 radical (unpaired) electrons. The number of carbonyl (C=O) groups excluding carboxylic acids is 1. The van der Waals surface area contributed by atoms with E-state index in [1.165, 1.54) is 0 Å². The van der Waals surface area contributed by atoms with Crippen LogP contribution in [0, 0.1) is 6.92 Å². The molecule has 0 bridgehead atoms. The van der Waals surface area contributed by atoms with Crippen LogP contribution in [-0.2, 0) is 4.74 Å². The third-order valence-electron chi connectivity index (χ3n) is 2.74. The minimum Gasteiger partial charge on any atom is -0.381 e. The van der Waals surface area contributed by atoms with Gasteiger partial charge in [-0.3, -0.25) is 10.6 Å². The molecule has 0 saturated carbocycles. The molecule has 0 fully saturated rings. The van der Waals surface area contributed by atoms with Gasteiger partial charge in [0.2, 0.25) is 0 Å². The van der Waals surface area contributed by atoms with Crippen LogP contribution in [0.3, 0.4) is 0 Å². The number of hydrogen-bond donors (Lipinski definition) is 3. The molecule has 0 spiro atoms. The van der Waals surface area contributed by atoms with Crippen molar-refractivity contribution in [3.05, 3.63) is 29.3 Å². The first-order chi connectivity index (χ1) is 9.19. The van der Waals surface area contributed by atoms with E-state index < -0.39 is 0 Å². The van der Waals surface area contributed by atoms with Gasteiger partial charge in [-0.1, -0.05) is 6.92 Å². The van der Waals surface area contributed by atoms with Crippen LogP contribution >= 0.6 is 0 Å². The number of aryl methyl sites for hydroxylation is 1. The van der Waals surface area contributed by atoms with Gasteiger partial charge in [-0.25, -0.2) is 0 Å². The Kier molecular flexibility index (Phi) is 6.92. The molecule has 0 aromatic heterocycles. The Morgan fingerprint density at radius 1 is 1.37 bits per heavy atom. The van der Waals surface area contributed by atoms with Crippen LogP contribution in [0.4, 0.5) is 5.69 Å². The molecule has 0 aliphatic heterocycles. The van der Waals surface area contributed by atoms with Crippen LogP contribution in [0.2, 0.25) is 0 Å². The van der Waals surface area contributed by atoms with Crippen LogP contribution in [0.25, 0.3) is 0 Å². The number of anilines is 1. The maximum absolute atomic E-state index is 12.0. The Labute approximate surface area is 114 Å². The number of benzene rings is 1. The lowest BCUT2D eigenvalue weighted by molar-refractivity contribution is 0.0941. The lowest BCUT2D eigenvalue weighted by Gasteiger charge is -2.09. The summed E-state index contributed by atoms with van der Waals surface area (Å²) in [4.78, 5) is 12.0. The van der Waals surface area contributed by atoms with Gasteiger partial charge >= 0.3 is 0 Å². The van der Waals surface area contributed by atoms with Crippen molar-refractivity contribution in [2.75, 3.05) is 25.2 Å². The summed E-state index contributed by atoms with van der Waals surface area (Å²) in [6.07, 6.45) is 1.85. The summed E-state index contributed by atoms with van der Waals surface area (Å²) in [5, 5.41) is 2.88. The predicted molar refractivity (Wildman–Crippen MR) is 77.0 cm³/mol. The van der Waals surface area contributed by atoms with E-state index in [0.29, 0.717) is 18.7 Å². The molecule has 4 N–H and O–H groups in total. The Bertz CT molecular complexity index is 408. The quantitative estimate of drug-likeness (QED) is 0.381. The van der Waals surface area contributed by atoms with Gasteiger partial charge in [0.15, 0.2) is 0 Å². The van der Waals surface area contributed by atoms with E-state index in [9.17, 15) is 4.79 Å². The van der Waals surface area contributed by atoms with E-state index in [-0.39, 0.29) is 5.91 Å². The van der Waals surface area contributed by atoms with E-state index in [1.54, 1.807) is 12.1 Å². The zero-order valence-corrected chi connectivity index (χ0v) is 11.7. The zero-order valence-electron chi connectivity index (χ0n) is 11.7. The summed E-state index contributed by atoms with van der Waals surface area (Å²) < 4.78 is 5.35. The fourth-order valence-corrected chi connectivity index (χ4v) is 1.73. The number of ether oxygens (including phenoxy) is 1. The number of hydrazine groups is 1. The molecule has 0 heterocycles. The number of nitrogen functional groups attached to an aromatic ring is 1. The molecule has 1 aromatic carbocycles. The minimum atomic E-state index is -0.0587. The lowest BCUT2D eigenvalue weighted by atomic mass is 10.1. The fourth-order valence-electron chi connectivity index (χ4n) is 1.73. The second kappa shape index (κ2) is 8.50. The molecule has 1 aromatic rings. The first-order valence-electron chi connectivity index (χ1n) is 6.62. The highest BCUT2D eigenvalue weighted by Gasteiger charge is 2.08. The van der Waals surface area contributed by atoms with Gasteiger partial charge in [0.25, 0.3) is 5.91 Å². The average molecular weight is 265 g/mol. The van der Waals surface area contributed by atoms with E-state index >= 15 is 0 Å². The molecule has 5 heteroatoms. The Hall–Kier alpha value is -1.59. The van der Waals surface area contributed by atoms with Crippen molar-refractivity contribution in [2.45, 2.75) is 26.7 Å². The van der Waals surface area contributed by atoms with Crippen molar-refractivity contribution in [2.24, 2.45) is 5.84 Å². The van der Waals surface area contributed by atoms with Crippen LogP contribution in [-0.4, -0.2) is 25.7 Å². The van der Waals surface area contributed by atoms with Gasteiger partial charge in [0, 0.05) is 31.0 Å². The highest BCUT2D eigenvalue weighted by atomic mass is 16.5. The fraction of sp³-hybridized carbons (Fsp3) is 0.500. The van der Waals surface area contributed by atoms with Crippen LogP contribution in [0.15, 0.2) is 18.2 Å². The molecule has 0 aliphatic rings. The van der Waals surface area contributed by atoms with E-state index in [2.05, 4.69) is 17.7 Å². The first-order valence-corrected chi connectivity index (χ1v) is 6.62. The van der Waals surface area contributed by atoms with Gasteiger partial charge in [-0.05, 0) is 43.5 Å². The normalized spacial score (nSPS) is 10.3. The summed E-state index contributed by atoms with van der Waals surface area (Å²) in [5.41, 5.74) is 4.92. The highest BCUT2D eigenvalue weighted by Crippen LogP contribution is 2.14. The largest absolute Gasteiger partial charge is 0.381 e. The maximum Gasteiger partial charge on any atom is 0.251 e. The predicted octanol–water partition coefficient (Wildman–Crippen LogP) is 1.83. The van der Waals surface area contributed by atoms with Crippen molar-refractivity contribution in [1.29, 1.82) is 0 Å². The minimum absolute atomic E-state index is 0.0587. The molecule has 106 valence electrons. The molecule has 0 atom stereocenters. The second-order valence-corrected chi connectivity index (χ2v) is 4.40. The summed E-state index contributed by atoms with van der Waals surface area (Å²) >= 11 is 0. The molecule has 19 heavy (non-hydrogen) atoms. The third-order valence-corrected chi connectivity index (χ3v) is 2.74. The number of carbonyl (C=O) groups is 1. The third kappa shape index (κ3) is 5.28. The van der Waals surface area contributed by atoms with Gasteiger partial charge < -0.3 is 15.5 Å². The Balaban J connectivity index is 2.37. The highest BCUT2D eigenvalue weighted by molar-refractivity contribution is 5.96. The van der Waals surface area contributed by atoms with E-state index in [0.717, 1.165) is 30.7 Å². The number of nitrogens with one attached hydrogen (secondary N) is 2. The molecule has 1 amide bonds. The molecule has 0 unspecified atom stereocenters. The standard InChI is InChI=1S/C14H23N3O2/c1-3-8-19-9-4-7-16-14(18)13-6-5-12(17-15)10-11(13)2/h5-6,10,17H,3-4,7-9,15H2,1-2H3,(H,16,18). The summed E-state index contributed by atoms with van der Waals surface area (Å²) in [7, 11) is 0. The SMILES string of the molecule is CCCOCCCNC(=O)c1ccc(NN)cc1C. The zero-order chi connectivity index (χ0) is 14.1. The topological polar surface area (TPSA) is 76.4 Å². The Morgan fingerprint density at radius 3 is 2.79 bits per heavy atom. The van der Waals surface area contributed by atoms with Gasteiger partial charge in [-0.2, -0.15) is 0 Å². The smallest absolute Gasteiger partial charge is 0.251 e. The number of rotatable bonds is 8. The molecular weight excluding hydrogens is 242 g/mol.